The predicted octanol–water partition coefficient (Wildman–Crippen LogP) is 1.45. The largest absolute Gasteiger partial charge is 0.347 e. The van der Waals surface area contributed by atoms with E-state index in [9.17, 15) is 9.59 Å². The smallest absolute Gasteiger partial charge is 0.243 e. The number of likely N-dealkylation sites (tertiary alicyclic amines) is 1. The van der Waals surface area contributed by atoms with Crippen molar-refractivity contribution >= 4 is 47.4 Å². The van der Waals surface area contributed by atoms with Crippen LogP contribution in [0.5, 0.6) is 0 Å². The van der Waals surface area contributed by atoms with Crippen LogP contribution in [0.2, 0.25) is 0 Å². The number of rotatable bonds is 5. The predicted molar refractivity (Wildman–Crippen MR) is 130 cm³/mol. The number of hydrogen-bond donors (Lipinski definition) is 2. The molecule has 2 heterocycles. The molecule has 0 aromatic heterocycles. The van der Waals surface area contributed by atoms with Crippen LogP contribution in [0.3, 0.4) is 0 Å². The SMILES string of the molecule is CN=C(NCC(=O)Nc1ccccc1)N1CCN(C(C)C(=O)N2CCCC2)CC1.I. The minimum atomic E-state index is -0.110. The average molecular weight is 528 g/mol. The molecule has 2 N–H and O–H groups in total. The number of anilines is 1. The number of para-hydroxylation sites is 1. The summed E-state index contributed by atoms with van der Waals surface area (Å²) in [5, 5.41) is 6.00. The van der Waals surface area contributed by atoms with Gasteiger partial charge in [-0.15, -0.1) is 24.0 Å². The lowest BCUT2D eigenvalue weighted by Gasteiger charge is -2.39. The van der Waals surface area contributed by atoms with E-state index in [1.807, 2.05) is 42.2 Å². The molecule has 0 spiro atoms. The molecule has 0 saturated carbocycles. The maximum absolute atomic E-state index is 12.6. The third-order valence-corrected chi connectivity index (χ3v) is 5.61. The van der Waals surface area contributed by atoms with E-state index >= 15 is 0 Å². The minimum absolute atomic E-state index is 0. The van der Waals surface area contributed by atoms with Crippen molar-refractivity contribution in [2.24, 2.45) is 4.99 Å². The van der Waals surface area contributed by atoms with Crippen molar-refractivity contribution in [3.8, 4) is 0 Å². The Bertz CT molecular complexity index is 715. The third-order valence-electron chi connectivity index (χ3n) is 5.61. The Morgan fingerprint density at radius 1 is 1.00 bits per heavy atom. The van der Waals surface area contributed by atoms with Gasteiger partial charge in [-0.2, -0.15) is 0 Å². The van der Waals surface area contributed by atoms with Crippen molar-refractivity contribution < 1.29 is 9.59 Å². The molecule has 2 aliphatic heterocycles. The van der Waals surface area contributed by atoms with Crippen molar-refractivity contribution in [1.82, 2.24) is 20.0 Å². The second kappa shape index (κ2) is 12.1. The number of amides is 2. The van der Waals surface area contributed by atoms with E-state index in [4.69, 9.17) is 0 Å². The molecule has 166 valence electrons. The van der Waals surface area contributed by atoms with Crippen LogP contribution >= 0.6 is 24.0 Å². The van der Waals surface area contributed by atoms with Gasteiger partial charge in [0.15, 0.2) is 5.96 Å². The molecule has 1 aromatic rings. The van der Waals surface area contributed by atoms with Gasteiger partial charge < -0.3 is 20.4 Å². The zero-order valence-corrected chi connectivity index (χ0v) is 20.2. The molecule has 8 nitrogen and oxygen atoms in total. The molecule has 3 rings (SSSR count). The maximum atomic E-state index is 12.6. The molecule has 9 heteroatoms. The summed E-state index contributed by atoms with van der Waals surface area (Å²) in [6.07, 6.45) is 2.23. The average Bonchev–Trinajstić information content (AvgIpc) is 3.29. The highest BCUT2D eigenvalue weighted by molar-refractivity contribution is 14.0. The van der Waals surface area contributed by atoms with E-state index in [2.05, 4.69) is 25.4 Å². The maximum Gasteiger partial charge on any atom is 0.243 e. The number of nitrogens with one attached hydrogen (secondary N) is 2. The van der Waals surface area contributed by atoms with Crippen molar-refractivity contribution in [3.05, 3.63) is 30.3 Å². The van der Waals surface area contributed by atoms with Gasteiger partial charge in [0.25, 0.3) is 0 Å². The highest BCUT2D eigenvalue weighted by Gasteiger charge is 2.30. The van der Waals surface area contributed by atoms with E-state index in [0.29, 0.717) is 5.96 Å². The van der Waals surface area contributed by atoms with Gasteiger partial charge >= 0.3 is 0 Å². The number of piperazine rings is 1. The summed E-state index contributed by atoms with van der Waals surface area (Å²) >= 11 is 0. The van der Waals surface area contributed by atoms with Crippen molar-refractivity contribution in [3.63, 3.8) is 0 Å². The van der Waals surface area contributed by atoms with Gasteiger partial charge in [-0.05, 0) is 31.9 Å². The summed E-state index contributed by atoms with van der Waals surface area (Å²) in [6.45, 7) is 7.11. The normalized spacial score (nSPS) is 18.5. The molecule has 1 atom stereocenters. The fraction of sp³-hybridized carbons (Fsp3) is 0.571. The summed E-state index contributed by atoms with van der Waals surface area (Å²) in [5.74, 6) is 0.850. The molecule has 2 saturated heterocycles. The summed E-state index contributed by atoms with van der Waals surface area (Å²) in [5.41, 5.74) is 0.777. The van der Waals surface area contributed by atoms with Crippen molar-refractivity contribution in [2.45, 2.75) is 25.8 Å². The van der Waals surface area contributed by atoms with Gasteiger partial charge in [0.1, 0.15) is 0 Å². The first-order chi connectivity index (χ1) is 14.1. The molecule has 1 unspecified atom stereocenters. The van der Waals surface area contributed by atoms with Crippen molar-refractivity contribution in [1.29, 1.82) is 0 Å². The number of carbonyl (C=O) groups excluding carboxylic acids is 2. The third kappa shape index (κ3) is 6.56. The van der Waals surface area contributed by atoms with Crippen LogP contribution in [0.4, 0.5) is 5.69 Å². The Kier molecular flexibility index (Phi) is 9.83. The van der Waals surface area contributed by atoms with Crippen LogP contribution in [-0.4, -0.2) is 91.4 Å². The highest BCUT2D eigenvalue weighted by Crippen LogP contribution is 2.14. The molecular weight excluding hydrogens is 495 g/mol. The zero-order valence-electron chi connectivity index (χ0n) is 17.8. The first kappa shape index (κ1) is 24.4. The Hall–Kier alpha value is -1.88. The van der Waals surface area contributed by atoms with Gasteiger partial charge in [0.2, 0.25) is 11.8 Å². The minimum Gasteiger partial charge on any atom is -0.347 e. The Morgan fingerprint density at radius 2 is 1.63 bits per heavy atom. The van der Waals surface area contributed by atoms with E-state index in [0.717, 1.165) is 57.8 Å². The van der Waals surface area contributed by atoms with Crippen LogP contribution in [0.15, 0.2) is 35.3 Å². The number of hydrogen-bond acceptors (Lipinski definition) is 4. The number of halogens is 1. The fourth-order valence-electron chi connectivity index (χ4n) is 3.90. The van der Waals surface area contributed by atoms with Crippen LogP contribution in [0, 0.1) is 0 Å². The van der Waals surface area contributed by atoms with Crippen LogP contribution in [-0.2, 0) is 9.59 Å². The Morgan fingerprint density at radius 3 is 2.23 bits per heavy atom. The second-order valence-corrected chi connectivity index (χ2v) is 7.55. The lowest BCUT2D eigenvalue weighted by molar-refractivity contribution is -0.135. The molecule has 1 aromatic carbocycles. The first-order valence-electron chi connectivity index (χ1n) is 10.4. The van der Waals surface area contributed by atoms with E-state index in [-0.39, 0.29) is 48.4 Å². The van der Waals surface area contributed by atoms with Crippen LogP contribution < -0.4 is 10.6 Å². The Labute approximate surface area is 196 Å². The molecule has 0 radical (unpaired) electrons. The number of carbonyl (C=O) groups is 2. The standard InChI is InChI=1S/C21H32N6O2.HI/c1-17(20(29)26-10-6-7-11-26)25-12-14-27(15-13-25)21(22-2)23-16-19(28)24-18-8-4-3-5-9-18;/h3-5,8-9,17H,6-7,10-16H2,1-2H3,(H,22,23)(H,24,28);1H. The van der Waals surface area contributed by atoms with Gasteiger partial charge in [0, 0.05) is 52.0 Å². The summed E-state index contributed by atoms with van der Waals surface area (Å²) in [6, 6.07) is 9.32. The number of nitrogens with zero attached hydrogens (tertiary/aromatic N) is 4. The molecule has 0 bridgehead atoms. The zero-order chi connectivity index (χ0) is 20.6. The Balaban J connectivity index is 0.00000320. The van der Waals surface area contributed by atoms with Crippen LogP contribution in [0.1, 0.15) is 19.8 Å². The van der Waals surface area contributed by atoms with Gasteiger partial charge in [-0.3, -0.25) is 19.5 Å². The van der Waals surface area contributed by atoms with Crippen LogP contribution in [0.25, 0.3) is 0 Å². The van der Waals surface area contributed by atoms with Gasteiger partial charge in [-0.25, -0.2) is 0 Å². The molecule has 2 amide bonds. The summed E-state index contributed by atoms with van der Waals surface area (Å²) in [4.78, 5) is 35.5. The molecule has 0 aliphatic carbocycles. The topological polar surface area (TPSA) is 80.3 Å². The fourth-order valence-corrected chi connectivity index (χ4v) is 3.90. The number of benzene rings is 1. The highest BCUT2D eigenvalue weighted by atomic mass is 127. The van der Waals surface area contributed by atoms with E-state index in [1.165, 1.54) is 0 Å². The monoisotopic (exact) mass is 528 g/mol. The number of guanidine groups is 1. The summed E-state index contributed by atoms with van der Waals surface area (Å²) < 4.78 is 0. The lowest BCUT2D eigenvalue weighted by atomic mass is 10.2. The quantitative estimate of drug-likeness (QED) is 0.344. The number of aliphatic imine (C=N–C) groups is 1. The molecule has 2 aliphatic rings. The van der Waals surface area contributed by atoms with E-state index < -0.39 is 0 Å². The molecule has 2 fully saturated rings. The van der Waals surface area contributed by atoms with Gasteiger partial charge in [0.05, 0.1) is 12.6 Å². The summed E-state index contributed by atoms with van der Waals surface area (Å²) in [7, 11) is 1.73. The second-order valence-electron chi connectivity index (χ2n) is 7.55. The van der Waals surface area contributed by atoms with Gasteiger partial charge in [-0.1, -0.05) is 18.2 Å². The van der Waals surface area contributed by atoms with Crippen molar-refractivity contribution in [2.75, 3.05) is 58.2 Å². The molecular formula is C21H33IN6O2. The lowest BCUT2D eigenvalue weighted by Crippen LogP contribution is -2.57. The first-order valence-corrected chi connectivity index (χ1v) is 10.4. The van der Waals surface area contributed by atoms with E-state index in [1.54, 1.807) is 7.05 Å². The molecule has 30 heavy (non-hydrogen) atoms.